The molecule has 0 N–H and O–H groups in total. The Morgan fingerprint density at radius 1 is 0.403 bits per heavy atom. The van der Waals surface area contributed by atoms with E-state index in [2.05, 4.69) is 146 Å². The Bertz CT molecular complexity index is 3880. The molecule has 0 aliphatic carbocycles. The lowest BCUT2D eigenvalue weighted by atomic mass is 9.98. The third-order valence-electron chi connectivity index (χ3n) is 11.8. The van der Waals surface area contributed by atoms with Gasteiger partial charge < -0.3 is 8.83 Å². The Morgan fingerprint density at radius 2 is 1.03 bits per heavy atom. The highest BCUT2D eigenvalue weighted by atomic mass is 16.3. The molecule has 0 saturated heterocycles. The van der Waals surface area contributed by atoms with Crippen LogP contribution in [0.3, 0.4) is 0 Å². The van der Waals surface area contributed by atoms with E-state index in [9.17, 15) is 0 Å². The van der Waals surface area contributed by atoms with E-state index in [4.69, 9.17) is 23.8 Å². The summed E-state index contributed by atoms with van der Waals surface area (Å²) in [6.45, 7) is 4.25. The summed E-state index contributed by atoms with van der Waals surface area (Å²) in [5, 5.41) is 11.2. The molecule has 0 amide bonds. The fourth-order valence-corrected chi connectivity index (χ4v) is 9.08. The molecule has 0 spiro atoms. The molecular weight excluding hydrogens is 761 g/mol. The maximum atomic E-state index is 6.44. The molecule has 9 aromatic carbocycles. The van der Waals surface area contributed by atoms with Crippen molar-refractivity contribution in [1.29, 1.82) is 0 Å². The molecule has 0 aliphatic rings. The molecule has 0 saturated carbocycles. The number of hydrogen-bond acceptors (Lipinski definition) is 5. The van der Waals surface area contributed by atoms with Crippen LogP contribution in [0.15, 0.2) is 191 Å². The minimum absolute atomic E-state index is 0.530. The van der Waals surface area contributed by atoms with Gasteiger partial charge >= 0.3 is 0 Å². The second kappa shape index (κ2) is 14.3. The van der Waals surface area contributed by atoms with Crippen LogP contribution < -0.4 is 0 Å². The molecule has 6 nitrogen and oxygen atoms in total. The van der Waals surface area contributed by atoms with Crippen LogP contribution in [0.4, 0.5) is 0 Å². The summed E-state index contributed by atoms with van der Waals surface area (Å²) in [4.78, 5) is 15.8. The van der Waals surface area contributed by atoms with Crippen LogP contribution in [0.2, 0.25) is 0 Å². The van der Waals surface area contributed by atoms with Crippen LogP contribution in [0, 0.1) is 0 Å². The van der Waals surface area contributed by atoms with Crippen molar-refractivity contribution in [3.05, 3.63) is 182 Å². The molecule has 0 fully saturated rings. The zero-order valence-corrected chi connectivity index (χ0v) is 34.1. The van der Waals surface area contributed by atoms with E-state index in [1.807, 2.05) is 54.6 Å². The Balaban J connectivity index is 0.00000133. The lowest BCUT2D eigenvalue weighted by Gasteiger charge is -2.13. The number of fused-ring (bicyclic) bond motifs is 12. The van der Waals surface area contributed by atoms with Gasteiger partial charge in [-0.05, 0) is 75.6 Å². The molecule has 294 valence electrons. The Morgan fingerprint density at radius 3 is 1.87 bits per heavy atom. The van der Waals surface area contributed by atoms with E-state index in [1.54, 1.807) is 0 Å². The van der Waals surface area contributed by atoms with Crippen molar-refractivity contribution in [3.8, 4) is 39.9 Å². The fourth-order valence-electron chi connectivity index (χ4n) is 9.08. The minimum Gasteiger partial charge on any atom is -0.456 e. The smallest absolute Gasteiger partial charge is 0.238 e. The number of furan rings is 2. The third-order valence-corrected chi connectivity index (χ3v) is 11.8. The molecule has 0 aliphatic heterocycles. The molecule has 0 radical (unpaired) electrons. The van der Waals surface area contributed by atoms with Crippen molar-refractivity contribution in [2.75, 3.05) is 0 Å². The van der Waals surface area contributed by atoms with E-state index >= 15 is 0 Å². The highest BCUT2D eigenvalue weighted by Gasteiger charge is 2.22. The van der Waals surface area contributed by atoms with Crippen LogP contribution >= 0.6 is 0 Å². The lowest BCUT2D eigenvalue weighted by molar-refractivity contribution is 0.668. The van der Waals surface area contributed by atoms with Gasteiger partial charge in [0.05, 0.1) is 11.0 Å². The second-order valence-electron chi connectivity index (χ2n) is 15.9. The van der Waals surface area contributed by atoms with Gasteiger partial charge in [-0.2, -0.15) is 9.97 Å². The monoisotopic (exact) mass is 798 g/mol. The largest absolute Gasteiger partial charge is 0.456 e. The molecule has 0 atom stereocenters. The molecule has 13 rings (SSSR count). The molecule has 6 heteroatoms. The number of benzene rings is 9. The first-order valence-electron chi connectivity index (χ1n) is 21.2. The van der Waals surface area contributed by atoms with Crippen LogP contribution in [0.5, 0.6) is 0 Å². The Hall–Kier alpha value is -8.09. The number of hydrogen-bond donors (Lipinski definition) is 0. The molecule has 62 heavy (non-hydrogen) atoms. The molecular formula is C56H38N4O2. The van der Waals surface area contributed by atoms with Crippen molar-refractivity contribution in [2.24, 2.45) is 0 Å². The first-order chi connectivity index (χ1) is 30.6. The average Bonchev–Trinajstić information content (AvgIpc) is 4.00. The first-order valence-corrected chi connectivity index (χ1v) is 21.2. The van der Waals surface area contributed by atoms with Gasteiger partial charge in [-0.15, -0.1) is 0 Å². The summed E-state index contributed by atoms with van der Waals surface area (Å²) in [7, 11) is 0. The molecule has 13 aromatic rings. The van der Waals surface area contributed by atoms with E-state index in [0.717, 1.165) is 93.3 Å². The Labute approximate surface area is 356 Å². The maximum absolute atomic E-state index is 6.44. The van der Waals surface area contributed by atoms with Crippen molar-refractivity contribution >= 4 is 87.2 Å². The van der Waals surface area contributed by atoms with Gasteiger partial charge in [0.2, 0.25) is 5.95 Å². The highest BCUT2D eigenvalue weighted by molar-refractivity contribution is 6.21. The van der Waals surface area contributed by atoms with Crippen LogP contribution in [0.25, 0.3) is 127 Å². The predicted molar refractivity (Wildman–Crippen MR) is 256 cm³/mol. The number of para-hydroxylation sites is 2. The van der Waals surface area contributed by atoms with E-state index < -0.39 is 0 Å². The normalized spacial score (nSPS) is 11.8. The maximum Gasteiger partial charge on any atom is 0.238 e. The number of nitrogens with zero attached hydrogens (tertiary/aromatic N) is 4. The second-order valence-corrected chi connectivity index (χ2v) is 15.9. The third kappa shape index (κ3) is 5.68. The summed E-state index contributed by atoms with van der Waals surface area (Å²) in [5.74, 6) is 1.67. The van der Waals surface area contributed by atoms with Crippen molar-refractivity contribution in [1.82, 2.24) is 19.5 Å². The molecule has 0 bridgehead atoms. The van der Waals surface area contributed by atoms with Gasteiger partial charge in [0.1, 0.15) is 22.3 Å². The highest BCUT2D eigenvalue weighted by Crippen LogP contribution is 2.42. The standard InChI is InChI=1S/C53H30N4O2.C3H8/c1-2-12-32(13-3-1)51-54-52(36-21-24-40-39-17-8-9-20-45(39)59-48(40)30-36)56-53(55-51)57-44-29-34-15-5-4-14-33(34)27-42(44)41-19-10-18-38(50(41)57)35-23-25-46-43(28-35)49-37-16-7-6-11-31(37)22-26-47(49)58-46;1-3-2/h1-30H;3H2,1-2H3. The van der Waals surface area contributed by atoms with Crippen molar-refractivity contribution in [2.45, 2.75) is 20.3 Å². The van der Waals surface area contributed by atoms with Crippen LogP contribution in [0.1, 0.15) is 20.3 Å². The van der Waals surface area contributed by atoms with E-state index in [1.165, 1.54) is 22.6 Å². The predicted octanol–water partition coefficient (Wildman–Crippen LogP) is 15.5. The summed E-state index contributed by atoms with van der Waals surface area (Å²) in [6, 6.07) is 63.4. The number of aromatic nitrogens is 4. The fraction of sp³-hybridized carbons (Fsp3) is 0.0536. The van der Waals surface area contributed by atoms with Gasteiger partial charge in [0, 0.05) is 49.0 Å². The quantitative estimate of drug-likeness (QED) is 0.177. The summed E-state index contributed by atoms with van der Waals surface area (Å²) >= 11 is 0. The Kier molecular flexibility index (Phi) is 8.25. The van der Waals surface area contributed by atoms with Gasteiger partial charge in [-0.3, -0.25) is 4.57 Å². The number of rotatable bonds is 4. The van der Waals surface area contributed by atoms with E-state index in [-0.39, 0.29) is 0 Å². The minimum atomic E-state index is 0.530. The molecule has 4 heterocycles. The van der Waals surface area contributed by atoms with Crippen molar-refractivity contribution < 1.29 is 8.83 Å². The van der Waals surface area contributed by atoms with Gasteiger partial charge in [-0.1, -0.05) is 154 Å². The zero-order chi connectivity index (χ0) is 41.3. The topological polar surface area (TPSA) is 69.9 Å². The summed E-state index contributed by atoms with van der Waals surface area (Å²) < 4.78 is 15.0. The SMILES string of the molecule is CCC.c1ccc(-c2nc(-c3ccc4c(c3)oc3ccccc34)nc(-n3c4cc5ccccc5cc4c4cccc(-c5ccc6oc7ccc8ccccc8c7c6c5)c43)n2)cc1. The summed E-state index contributed by atoms with van der Waals surface area (Å²) in [5.41, 5.74) is 9.26. The van der Waals surface area contributed by atoms with Crippen LogP contribution in [-0.4, -0.2) is 19.5 Å². The summed E-state index contributed by atoms with van der Waals surface area (Å²) in [6.07, 6.45) is 1.25. The first kappa shape index (κ1) is 35.8. The van der Waals surface area contributed by atoms with Crippen LogP contribution in [-0.2, 0) is 0 Å². The molecule has 0 unspecified atom stereocenters. The lowest BCUT2D eigenvalue weighted by Crippen LogP contribution is -2.07. The van der Waals surface area contributed by atoms with Gasteiger partial charge in [0.25, 0.3) is 0 Å². The average molecular weight is 799 g/mol. The van der Waals surface area contributed by atoms with Crippen molar-refractivity contribution in [3.63, 3.8) is 0 Å². The van der Waals surface area contributed by atoms with Gasteiger partial charge in [0.15, 0.2) is 11.6 Å². The van der Waals surface area contributed by atoms with E-state index in [0.29, 0.717) is 17.6 Å². The molecule has 4 aromatic heterocycles. The zero-order valence-electron chi connectivity index (χ0n) is 34.1. The van der Waals surface area contributed by atoms with Gasteiger partial charge in [-0.25, -0.2) is 4.98 Å².